The highest BCUT2D eigenvalue weighted by Crippen LogP contribution is 2.31. The molecule has 3 aromatic rings. The highest BCUT2D eigenvalue weighted by atomic mass is 16.2. The quantitative estimate of drug-likeness (QED) is 0.721. The number of likely N-dealkylation sites (tertiary alicyclic amines) is 1. The summed E-state index contributed by atoms with van der Waals surface area (Å²) in [6.45, 7) is 3.40. The number of aromatic nitrogens is 1. The Morgan fingerprint density at radius 2 is 1.97 bits per heavy atom. The largest absolute Gasteiger partial charge is 0.366 e. The molecule has 2 aliphatic heterocycles. The Bertz CT molecular complexity index is 1100. The smallest absolute Gasteiger partial charge is 0.255 e. The monoisotopic (exact) mass is 388 g/mol. The molecule has 0 saturated carbocycles. The molecule has 1 fully saturated rings. The SMILES string of the molecule is NC(=O)c1cccc2c1C(=O)N(C1CCN(Cc3ccc4cc[nH]c4c3)CC1)C2. The number of piperidine rings is 1. The molecule has 0 unspecified atom stereocenters. The number of benzene rings is 2. The van der Waals surface area contributed by atoms with Gasteiger partial charge in [0.25, 0.3) is 5.91 Å². The van der Waals surface area contributed by atoms with Crippen LogP contribution in [0.4, 0.5) is 0 Å². The van der Waals surface area contributed by atoms with Crippen LogP contribution in [-0.4, -0.2) is 45.7 Å². The Kier molecular flexibility index (Phi) is 4.36. The average molecular weight is 388 g/mol. The van der Waals surface area contributed by atoms with E-state index in [1.54, 1.807) is 12.1 Å². The van der Waals surface area contributed by atoms with Crippen molar-refractivity contribution in [2.45, 2.75) is 32.0 Å². The number of H-pyrrole nitrogens is 1. The summed E-state index contributed by atoms with van der Waals surface area (Å²) in [5, 5.41) is 1.23. The highest BCUT2D eigenvalue weighted by Gasteiger charge is 2.36. The molecule has 3 heterocycles. The van der Waals surface area contributed by atoms with Gasteiger partial charge < -0.3 is 15.6 Å². The van der Waals surface area contributed by atoms with E-state index in [0.717, 1.165) is 38.0 Å². The zero-order valence-corrected chi connectivity index (χ0v) is 16.2. The highest BCUT2D eigenvalue weighted by molar-refractivity contribution is 6.09. The lowest BCUT2D eigenvalue weighted by Crippen LogP contribution is -2.44. The number of aromatic amines is 1. The van der Waals surface area contributed by atoms with Crippen LogP contribution in [0.3, 0.4) is 0 Å². The Hall–Kier alpha value is -3.12. The summed E-state index contributed by atoms with van der Waals surface area (Å²) < 4.78 is 0. The predicted octanol–water partition coefficient (Wildman–Crippen LogP) is 2.89. The van der Waals surface area contributed by atoms with Gasteiger partial charge in [0.15, 0.2) is 0 Å². The van der Waals surface area contributed by atoms with Crippen molar-refractivity contribution in [1.29, 1.82) is 0 Å². The number of hydrogen-bond acceptors (Lipinski definition) is 3. The molecule has 0 radical (unpaired) electrons. The second-order valence-electron chi connectivity index (χ2n) is 8.04. The van der Waals surface area contributed by atoms with Gasteiger partial charge in [-0.05, 0) is 47.6 Å². The molecular formula is C23H24N4O2. The van der Waals surface area contributed by atoms with Gasteiger partial charge >= 0.3 is 0 Å². The van der Waals surface area contributed by atoms with Crippen molar-refractivity contribution in [3.63, 3.8) is 0 Å². The summed E-state index contributed by atoms with van der Waals surface area (Å²) in [5.41, 5.74) is 9.69. The number of nitrogens with two attached hydrogens (primary N) is 1. The first-order valence-corrected chi connectivity index (χ1v) is 10.1. The van der Waals surface area contributed by atoms with Gasteiger partial charge in [0.2, 0.25) is 5.91 Å². The minimum Gasteiger partial charge on any atom is -0.366 e. The lowest BCUT2D eigenvalue weighted by Gasteiger charge is -2.36. The molecule has 2 aromatic carbocycles. The summed E-state index contributed by atoms with van der Waals surface area (Å²) in [5.74, 6) is -0.587. The summed E-state index contributed by atoms with van der Waals surface area (Å²) in [6.07, 6.45) is 3.85. The molecule has 5 rings (SSSR count). The first kappa shape index (κ1) is 17.9. The number of rotatable bonds is 4. The van der Waals surface area contributed by atoms with Crippen molar-refractivity contribution in [2.24, 2.45) is 5.73 Å². The summed E-state index contributed by atoms with van der Waals surface area (Å²) in [4.78, 5) is 32.4. The molecule has 1 saturated heterocycles. The zero-order chi connectivity index (χ0) is 20.0. The van der Waals surface area contributed by atoms with Crippen molar-refractivity contribution >= 4 is 22.7 Å². The van der Waals surface area contributed by atoms with Crippen LogP contribution < -0.4 is 5.73 Å². The second-order valence-corrected chi connectivity index (χ2v) is 8.04. The molecule has 0 atom stereocenters. The van der Waals surface area contributed by atoms with Crippen LogP contribution in [0.5, 0.6) is 0 Å². The Labute approximate surface area is 169 Å². The van der Waals surface area contributed by atoms with Crippen LogP contribution in [0.1, 0.15) is 44.7 Å². The predicted molar refractivity (Wildman–Crippen MR) is 111 cm³/mol. The van der Waals surface area contributed by atoms with Crippen LogP contribution >= 0.6 is 0 Å². The van der Waals surface area contributed by atoms with Gasteiger partial charge in [-0.15, -0.1) is 0 Å². The molecule has 0 aliphatic carbocycles. The van der Waals surface area contributed by atoms with Crippen LogP contribution in [0, 0.1) is 0 Å². The molecule has 0 spiro atoms. The van der Waals surface area contributed by atoms with Gasteiger partial charge in [-0.3, -0.25) is 14.5 Å². The first-order valence-electron chi connectivity index (χ1n) is 10.1. The van der Waals surface area contributed by atoms with Crippen molar-refractivity contribution < 1.29 is 9.59 Å². The van der Waals surface area contributed by atoms with Crippen LogP contribution in [0.2, 0.25) is 0 Å². The molecular weight excluding hydrogens is 364 g/mol. The van der Waals surface area contributed by atoms with Gasteiger partial charge in [-0.1, -0.05) is 24.3 Å². The van der Waals surface area contributed by atoms with E-state index in [9.17, 15) is 9.59 Å². The normalized spacial score (nSPS) is 17.8. The van der Waals surface area contributed by atoms with E-state index in [4.69, 9.17) is 5.73 Å². The number of nitrogens with one attached hydrogen (secondary N) is 1. The minimum absolute atomic E-state index is 0.0509. The van der Waals surface area contributed by atoms with E-state index in [0.29, 0.717) is 17.7 Å². The molecule has 148 valence electrons. The lowest BCUT2D eigenvalue weighted by atomic mass is 10.0. The first-order chi connectivity index (χ1) is 14.1. The fourth-order valence-electron chi connectivity index (χ4n) is 4.72. The van der Waals surface area contributed by atoms with Gasteiger partial charge in [0, 0.05) is 43.9 Å². The van der Waals surface area contributed by atoms with Gasteiger partial charge in [0.05, 0.1) is 11.1 Å². The maximum atomic E-state index is 13.0. The molecule has 2 amide bonds. The number of carbonyl (C=O) groups excluding carboxylic acids is 2. The van der Waals surface area contributed by atoms with E-state index >= 15 is 0 Å². The molecule has 2 aliphatic rings. The van der Waals surface area contributed by atoms with Crippen molar-refractivity contribution in [2.75, 3.05) is 13.1 Å². The third-order valence-electron chi connectivity index (χ3n) is 6.26. The van der Waals surface area contributed by atoms with Gasteiger partial charge in [-0.25, -0.2) is 0 Å². The molecule has 6 nitrogen and oxygen atoms in total. The van der Waals surface area contributed by atoms with Gasteiger partial charge in [-0.2, -0.15) is 0 Å². The number of hydrogen-bond donors (Lipinski definition) is 2. The van der Waals surface area contributed by atoms with Gasteiger partial charge in [0.1, 0.15) is 0 Å². The number of nitrogens with zero attached hydrogens (tertiary/aromatic N) is 2. The fourth-order valence-corrected chi connectivity index (χ4v) is 4.72. The minimum atomic E-state index is -0.536. The topological polar surface area (TPSA) is 82.4 Å². The maximum Gasteiger partial charge on any atom is 0.255 e. The van der Waals surface area contributed by atoms with Crippen LogP contribution in [0.15, 0.2) is 48.7 Å². The third-order valence-corrected chi connectivity index (χ3v) is 6.26. The third kappa shape index (κ3) is 3.19. The Morgan fingerprint density at radius 1 is 1.14 bits per heavy atom. The van der Waals surface area contributed by atoms with E-state index in [-0.39, 0.29) is 11.9 Å². The molecule has 1 aromatic heterocycles. The number of amides is 2. The van der Waals surface area contributed by atoms with E-state index in [1.807, 2.05) is 17.2 Å². The second kappa shape index (κ2) is 7.04. The van der Waals surface area contributed by atoms with Crippen LogP contribution in [-0.2, 0) is 13.1 Å². The number of fused-ring (bicyclic) bond motifs is 2. The molecule has 3 N–H and O–H groups in total. The Morgan fingerprint density at radius 3 is 2.76 bits per heavy atom. The number of carbonyl (C=O) groups is 2. The average Bonchev–Trinajstić information content (AvgIpc) is 3.32. The summed E-state index contributed by atoms with van der Waals surface area (Å²) in [7, 11) is 0. The Balaban J connectivity index is 1.24. The lowest BCUT2D eigenvalue weighted by molar-refractivity contribution is 0.0588. The van der Waals surface area contributed by atoms with Crippen molar-refractivity contribution in [3.05, 3.63) is 70.9 Å². The molecule has 0 bridgehead atoms. The fraction of sp³-hybridized carbons (Fsp3) is 0.304. The van der Waals surface area contributed by atoms with E-state index in [1.165, 1.54) is 16.5 Å². The number of primary amides is 1. The van der Waals surface area contributed by atoms with Crippen molar-refractivity contribution in [1.82, 2.24) is 14.8 Å². The van der Waals surface area contributed by atoms with E-state index in [2.05, 4.69) is 34.1 Å². The van der Waals surface area contributed by atoms with Crippen molar-refractivity contribution in [3.8, 4) is 0 Å². The maximum absolute atomic E-state index is 13.0. The molecule has 29 heavy (non-hydrogen) atoms. The summed E-state index contributed by atoms with van der Waals surface area (Å²) in [6, 6.07) is 14.2. The van der Waals surface area contributed by atoms with Crippen LogP contribution in [0.25, 0.3) is 10.9 Å². The van der Waals surface area contributed by atoms with E-state index < -0.39 is 5.91 Å². The summed E-state index contributed by atoms with van der Waals surface area (Å²) >= 11 is 0. The standard InChI is InChI=1S/C23H24N4O2/c24-22(28)19-3-1-2-17-14-27(23(29)21(17)19)18-7-10-26(11-8-18)13-15-4-5-16-6-9-25-20(16)12-15/h1-6,9,12,18,25H,7-8,10-11,13-14H2,(H2,24,28). The molecule has 6 heteroatoms. The zero-order valence-electron chi connectivity index (χ0n) is 16.2.